The SMILES string of the molecule is [Co+2].[O]=[Cr](=[O])([O-])[O][Cr](=[O])(=[O])[O-].c1ccccc1.c1ccccc1.c1ccccc1.c1ccccc1. The summed E-state index contributed by atoms with van der Waals surface area (Å²) in [6.07, 6.45) is 0. The molecule has 0 bridgehead atoms. The van der Waals surface area contributed by atoms with Gasteiger partial charge < -0.3 is 0 Å². The molecule has 0 saturated heterocycles. The molecule has 0 aliphatic rings. The first kappa shape index (κ1) is 33.7. The fourth-order valence-electron chi connectivity index (χ4n) is 1.64. The Morgan fingerprint density at radius 1 is 0.324 bits per heavy atom. The van der Waals surface area contributed by atoms with Gasteiger partial charge in [0, 0.05) is 0 Å². The molecule has 0 unspecified atom stereocenters. The maximum atomic E-state index is 9.38. The third kappa shape index (κ3) is 31.7. The van der Waals surface area contributed by atoms with E-state index in [-0.39, 0.29) is 16.8 Å². The molecule has 0 N–H and O–H groups in total. The van der Waals surface area contributed by atoms with E-state index in [9.17, 15) is 23.5 Å². The molecule has 0 aromatic heterocycles. The van der Waals surface area contributed by atoms with E-state index in [1.807, 2.05) is 146 Å². The van der Waals surface area contributed by atoms with E-state index in [1.54, 1.807) is 0 Å². The third-order valence-electron chi connectivity index (χ3n) is 2.83. The summed E-state index contributed by atoms with van der Waals surface area (Å²) in [7, 11) is 0. The average molecular weight is 587 g/mol. The summed E-state index contributed by atoms with van der Waals surface area (Å²) >= 11 is -12.1. The average Bonchev–Trinajstić information content (AvgIpc) is 2.83. The van der Waals surface area contributed by atoms with Gasteiger partial charge in [-0.05, 0) is 0 Å². The number of hydrogen-bond acceptors (Lipinski definition) is 7. The van der Waals surface area contributed by atoms with Crippen molar-refractivity contribution in [2.24, 2.45) is 0 Å². The molecule has 0 atom stereocenters. The van der Waals surface area contributed by atoms with E-state index < -0.39 is 27.2 Å². The molecule has 0 heterocycles. The van der Waals surface area contributed by atoms with Crippen molar-refractivity contribution in [3.63, 3.8) is 0 Å². The van der Waals surface area contributed by atoms with E-state index in [1.165, 1.54) is 0 Å². The normalized spacial score (nSPS) is 9.24. The second-order valence-corrected chi connectivity index (χ2v) is 9.14. The van der Waals surface area contributed by atoms with Gasteiger partial charge >= 0.3 is 70.4 Å². The van der Waals surface area contributed by atoms with Crippen molar-refractivity contribution < 1.29 is 70.4 Å². The molecule has 0 spiro atoms. The zero-order valence-corrected chi connectivity index (χ0v) is 21.5. The summed E-state index contributed by atoms with van der Waals surface area (Å²) in [4.78, 5) is 0. The van der Waals surface area contributed by atoms with Crippen LogP contribution in [0.3, 0.4) is 0 Å². The summed E-state index contributed by atoms with van der Waals surface area (Å²) in [5, 5.41) is 0. The molecule has 34 heavy (non-hydrogen) atoms. The van der Waals surface area contributed by atoms with Crippen LogP contribution in [0, 0.1) is 0 Å². The first-order chi connectivity index (χ1) is 15.7. The second-order valence-electron chi connectivity index (χ2n) is 5.50. The summed E-state index contributed by atoms with van der Waals surface area (Å²) < 4.78 is 58.9. The smallest absolute Gasteiger partial charge is 0.0623 e. The van der Waals surface area contributed by atoms with E-state index in [0.717, 1.165) is 0 Å². The van der Waals surface area contributed by atoms with Crippen LogP contribution in [0.5, 0.6) is 0 Å². The van der Waals surface area contributed by atoms with Crippen LogP contribution >= 0.6 is 0 Å². The molecule has 183 valence electrons. The topological polar surface area (TPSA) is 124 Å². The van der Waals surface area contributed by atoms with E-state index >= 15 is 0 Å². The van der Waals surface area contributed by atoms with E-state index in [0.29, 0.717) is 0 Å². The molecular formula is C24H24CoCr2O7. The quantitative estimate of drug-likeness (QED) is 0.350. The number of benzene rings is 4. The Morgan fingerprint density at radius 2 is 0.412 bits per heavy atom. The molecule has 4 aromatic rings. The van der Waals surface area contributed by atoms with Crippen molar-refractivity contribution in [1.82, 2.24) is 0 Å². The molecule has 1 radical (unpaired) electrons. The van der Waals surface area contributed by atoms with Gasteiger partial charge in [-0.25, -0.2) is 0 Å². The molecule has 0 saturated carbocycles. The Balaban J connectivity index is 0. The molecule has 0 amide bonds. The van der Waals surface area contributed by atoms with Gasteiger partial charge in [0.05, 0.1) is 0 Å². The van der Waals surface area contributed by atoms with Crippen molar-refractivity contribution in [2.45, 2.75) is 0 Å². The van der Waals surface area contributed by atoms with Gasteiger partial charge in [-0.1, -0.05) is 146 Å². The van der Waals surface area contributed by atoms with Gasteiger partial charge in [-0.2, -0.15) is 0 Å². The zero-order valence-electron chi connectivity index (χ0n) is 17.9. The van der Waals surface area contributed by atoms with Gasteiger partial charge in [0.15, 0.2) is 0 Å². The van der Waals surface area contributed by atoms with Crippen molar-refractivity contribution in [3.05, 3.63) is 146 Å². The monoisotopic (exact) mass is 587 g/mol. The predicted molar refractivity (Wildman–Crippen MR) is 110 cm³/mol. The first-order valence-electron chi connectivity index (χ1n) is 9.33. The van der Waals surface area contributed by atoms with Gasteiger partial charge in [0.2, 0.25) is 0 Å². The van der Waals surface area contributed by atoms with Crippen molar-refractivity contribution >= 4 is 0 Å². The summed E-state index contributed by atoms with van der Waals surface area (Å²) in [6.45, 7) is 0. The van der Waals surface area contributed by atoms with Crippen LogP contribution < -0.4 is 8.32 Å². The minimum Gasteiger partial charge on any atom is -0.0623 e. The third-order valence-corrected chi connectivity index (χ3v) is 5.50. The van der Waals surface area contributed by atoms with E-state index in [4.69, 9.17) is 0 Å². The molecular weight excluding hydrogens is 563 g/mol. The maximum absolute atomic E-state index is 9.38. The Kier molecular flexibility index (Phi) is 22.1. The first-order valence-corrected chi connectivity index (χ1v) is 13.5. The summed E-state index contributed by atoms with van der Waals surface area (Å²) in [6, 6.07) is 48.0. The van der Waals surface area contributed by atoms with Gasteiger partial charge in [-0.15, -0.1) is 0 Å². The fourth-order valence-corrected chi connectivity index (χ4v) is 3.27. The van der Waals surface area contributed by atoms with Crippen LogP contribution in [0.2, 0.25) is 0 Å². The maximum Gasteiger partial charge on any atom is -0.0623 e. The molecule has 4 rings (SSSR count). The molecule has 4 aromatic carbocycles. The van der Waals surface area contributed by atoms with Gasteiger partial charge in [0.25, 0.3) is 0 Å². The fraction of sp³-hybridized carbons (Fsp3) is 0. The minimum atomic E-state index is -6.07. The van der Waals surface area contributed by atoms with Crippen molar-refractivity contribution in [2.75, 3.05) is 0 Å². The molecule has 0 aliphatic carbocycles. The number of rotatable bonds is 2. The summed E-state index contributed by atoms with van der Waals surface area (Å²) in [5.74, 6) is 0. The molecule has 0 fully saturated rings. The van der Waals surface area contributed by atoms with Crippen molar-refractivity contribution in [3.8, 4) is 0 Å². The Morgan fingerprint density at radius 3 is 0.441 bits per heavy atom. The van der Waals surface area contributed by atoms with Crippen LogP contribution in [0.4, 0.5) is 0 Å². The Labute approximate surface area is 215 Å². The van der Waals surface area contributed by atoms with Crippen LogP contribution in [0.15, 0.2) is 146 Å². The van der Waals surface area contributed by atoms with Crippen LogP contribution in [-0.2, 0) is 62.1 Å². The largest absolute Gasteiger partial charge is 0.0623 e. The predicted octanol–water partition coefficient (Wildman–Crippen LogP) is 3.82. The Bertz CT molecular complexity index is 852. The van der Waals surface area contributed by atoms with Gasteiger partial charge in [0.1, 0.15) is 0 Å². The standard InChI is InChI=1S/4C6H6.Co.2Cr.7O/c4*1-2-4-6-5-3-1;;;;;;;;;;/h4*1-6H;;;;;;;;;;/q;;;;+2;;;;;;;;2*-1. The Hall–Kier alpha value is -2.47. The molecule has 7 nitrogen and oxygen atoms in total. The number of hydrogen-bond donors (Lipinski definition) is 0. The van der Waals surface area contributed by atoms with Crippen LogP contribution in [-0.4, -0.2) is 0 Å². The van der Waals surface area contributed by atoms with Crippen molar-refractivity contribution in [1.29, 1.82) is 0 Å². The van der Waals surface area contributed by atoms with E-state index in [2.05, 4.69) is 2.84 Å². The second kappa shape index (κ2) is 22.3. The van der Waals surface area contributed by atoms with Crippen LogP contribution in [0.25, 0.3) is 0 Å². The van der Waals surface area contributed by atoms with Crippen LogP contribution in [0.1, 0.15) is 0 Å². The summed E-state index contributed by atoms with van der Waals surface area (Å²) in [5.41, 5.74) is 0. The minimum absolute atomic E-state index is 0. The molecule has 10 heteroatoms. The zero-order chi connectivity index (χ0) is 24.7. The molecule has 0 aliphatic heterocycles. The van der Waals surface area contributed by atoms with Gasteiger partial charge in [-0.3, -0.25) is 0 Å².